The van der Waals surface area contributed by atoms with Crippen molar-refractivity contribution in [3.63, 3.8) is 0 Å². The molecule has 0 bridgehead atoms. The van der Waals surface area contributed by atoms with Gasteiger partial charge in [-0.05, 0) is 24.3 Å². The van der Waals surface area contributed by atoms with E-state index in [0.29, 0.717) is 30.2 Å². The monoisotopic (exact) mass is 342 g/mol. The van der Waals surface area contributed by atoms with Crippen LogP contribution in [-0.4, -0.2) is 58.6 Å². The van der Waals surface area contributed by atoms with Gasteiger partial charge in [0.1, 0.15) is 11.6 Å². The minimum Gasteiger partial charge on any atom is -0.504 e. The highest BCUT2D eigenvalue weighted by atomic mass is 16.5. The summed E-state index contributed by atoms with van der Waals surface area (Å²) >= 11 is 0. The molecule has 130 valence electrons. The second-order valence-corrected chi connectivity index (χ2v) is 5.77. The van der Waals surface area contributed by atoms with E-state index < -0.39 is 0 Å². The summed E-state index contributed by atoms with van der Waals surface area (Å²) < 4.78 is 10.4. The Balaban J connectivity index is 1.73. The zero-order chi connectivity index (χ0) is 17.4. The fraction of sp³-hybridized carbons (Fsp3) is 0.294. The number of imidazole rings is 1. The highest BCUT2D eigenvalue weighted by Gasteiger charge is 2.16. The molecule has 1 aliphatic heterocycles. The number of benzene rings is 1. The summed E-state index contributed by atoms with van der Waals surface area (Å²) in [6, 6.07) is 6.92. The first-order valence-corrected chi connectivity index (χ1v) is 7.95. The second-order valence-electron chi connectivity index (χ2n) is 5.77. The summed E-state index contributed by atoms with van der Waals surface area (Å²) in [6.07, 6.45) is 0. The fourth-order valence-electron chi connectivity index (χ4n) is 2.87. The van der Waals surface area contributed by atoms with Crippen molar-refractivity contribution >= 4 is 17.0 Å². The van der Waals surface area contributed by atoms with Gasteiger partial charge in [-0.3, -0.25) is 0 Å². The van der Waals surface area contributed by atoms with Gasteiger partial charge >= 0.3 is 0 Å². The Morgan fingerprint density at radius 1 is 1.16 bits per heavy atom. The lowest BCUT2D eigenvalue weighted by Crippen LogP contribution is -2.36. The Morgan fingerprint density at radius 2 is 1.96 bits per heavy atom. The summed E-state index contributed by atoms with van der Waals surface area (Å²) in [5, 5.41) is 19.6. The van der Waals surface area contributed by atoms with Gasteiger partial charge < -0.3 is 29.6 Å². The van der Waals surface area contributed by atoms with Crippen LogP contribution in [0.25, 0.3) is 22.6 Å². The van der Waals surface area contributed by atoms with E-state index in [1.807, 2.05) is 12.1 Å². The van der Waals surface area contributed by atoms with Crippen LogP contribution in [0.4, 0.5) is 5.82 Å². The van der Waals surface area contributed by atoms with Crippen molar-refractivity contribution in [1.82, 2.24) is 15.0 Å². The highest BCUT2D eigenvalue weighted by Crippen LogP contribution is 2.39. The number of nitrogens with zero attached hydrogens (tertiary/aromatic N) is 3. The minimum absolute atomic E-state index is 0.178. The van der Waals surface area contributed by atoms with Crippen LogP contribution in [0.15, 0.2) is 24.3 Å². The number of methoxy groups -OCH3 is 1. The van der Waals surface area contributed by atoms with Crippen LogP contribution in [0.5, 0.6) is 17.2 Å². The summed E-state index contributed by atoms with van der Waals surface area (Å²) in [7, 11) is 1.42. The molecular weight excluding hydrogens is 324 g/mol. The van der Waals surface area contributed by atoms with Crippen molar-refractivity contribution in [2.75, 3.05) is 38.3 Å². The molecule has 8 nitrogen and oxygen atoms in total. The lowest BCUT2D eigenvalue weighted by atomic mass is 10.1. The first-order valence-electron chi connectivity index (χ1n) is 7.95. The number of aromatic hydroxyl groups is 2. The van der Waals surface area contributed by atoms with Crippen molar-refractivity contribution in [2.45, 2.75) is 0 Å². The number of H-pyrrole nitrogens is 1. The molecule has 0 unspecified atom stereocenters. The molecule has 1 aromatic carbocycles. The van der Waals surface area contributed by atoms with E-state index in [2.05, 4.69) is 19.9 Å². The van der Waals surface area contributed by atoms with Gasteiger partial charge in [0.25, 0.3) is 0 Å². The third-order valence-corrected chi connectivity index (χ3v) is 4.21. The number of pyridine rings is 1. The average Bonchev–Trinajstić information content (AvgIpc) is 3.08. The maximum atomic E-state index is 9.86. The Labute approximate surface area is 143 Å². The Hall–Kier alpha value is -3.00. The van der Waals surface area contributed by atoms with E-state index in [0.717, 1.165) is 24.4 Å². The summed E-state index contributed by atoms with van der Waals surface area (Å²) in [4.78, 5) is 14.5. The van der Waals surface area contributed by atoms with E-state index in [4.69, 9.17) is 9.47 Å². The molecule has 3 N–H and O–H groups in total. The molecule has 0 amide bonds. The maximum Gasteiger partial charge on any atom is 0.200 e. The molecule has 0 spiro atoms. The predicted molar refractivity (Wildman–Crippen MR) is 92.2 cm³/mol. The molecule has 0 radical (unpaired) electrons. The third kappa shape index (κ3) is 2.80. The highest BCUT2D eigenvalue weighted by molar-refractivity contribution is 5.79. The Kier molecular flexibility index (Phi) is 3.81. The number of morpholine rings is 1. The summed E-state index contributed by atoms with van der Waals surface area (Å²) in [5.74, 6) is 1.01. The Bertz CT molecular complexity index is 918. The van der Waals surface area contributed by atoms with Gasteiger partial charge in [-0.15, -0.1) is 0 Å². The number of phenolic OH excluding ortho intramolecular Hbond substituents is 2. The summed E-state index contributed by atoms with van der Waals surface area (Å²) in [6.45, 7) is 2.99. The van der Waals surface area contributed by atoms with Gasteiger partial charge in [-0.1, -0.05) is 0 Å². The standard InChI is InChI=1S/C17H18N4O4/c1-24-13-9-10(8-12(22)15(13)23)16-18-11-2-3-14(19-17(11)20-16)21-4-6-25-7-5-21/h2-3,8-9,22-23H,4-7H2,1H3,(H,18,19,20). The topological polar surface area (TPSA) is 104 Å². The SMILES string of the molecule is COc1cc(-c2nc3nc(N4CCOCC4)ccc3[nH]2)cc(O)c1O. The number of anilines is 1. The van der Waals surface area contributed by atoms with Gasteiger partial charge in [0.05, 0.1) is 25.8 Å². The molecule has 0 atom stereocenters. The van der Waals surface area contributed by atoms with E-state index in [9.17, 15) is 10.2 Å². The van der Waals surface area contributed by atoms with Crippen LogP contribution in [0, 0.1) is 0 Å². The molecule has 1 saturated heterocycles. The Morgan fingerprint density at radius 3 is 2.72 bits per heavy atom. The van der Waals surface area contributed by atoms with Crippen molar-refractivity contribution in [2.24, 2.45) is 0 Å². The minimum atomic E-state index is -0.296. The fourth-order valence-corrected chi connectivity index (χ4v) is 2.87. The zero-order valence-electron chi connectivity index (χ0n) is 13.7. The first kappa shape index (κ1) is 15.5. The van der Waals surface area contributed by atoms with Crippen molar-refractivity contribution < 1.29 is 19.7 Å². The van der Waals surface area contributed by atoms with E-state index in [1.54, 1.807) is 6.07 Å². The van der Waals surface area contributed by atoms with Crippen molar-refractivity contribution in [3.8, 4) is 28.6 Å². The largest absolute Gasteiger partial charge is 0.504 e. The quantitative estimate of drug-likeness (QED) is 0.624. The van der Waals surface area contributed by atoms with Crippen LogP contribution in [0.2, 0.25) is 0 Å². The number of phenols is 2. The molecule has 2 aromatic heterocycles. The number of hydrogen-bond acceptors (Lipinski definition) is 7. The molecule has 4 rings (SSSR count). The molecular formula is C17H18N4O4. The van der Waals surface area contributed by atoms with Crippen LogP contribution < -0.4 is 9.64 Å². The predicted octanol–water partition coefficient (Wildman–Crippen LogP) is 1.88. The van der Waals surface area contributed by atoms with Crippen molar-refractivity contribution in [1.29, 1.82) is 0 Å². The lowest BCUT2D eigenvalue weighted by Gasteiger charge is -2.27. The van der Waals surface area contributed by atoms with Gasteiger partial charge in [-0.25, -0.2) is 9.97 Å². The average molecular weight is 342 g/mol. The third-order valence-electron chi connectivity index (χ3n) is 4.21. The number of ether oxygens (including phenoxy) is 2. The van der Waals surface area contributed by atoms with Crippen LogP contribution in [-0.2, 0) is 4.74 Å². The van der Waals surface area contributed by atoms with Gasteiger partial charge in [0, 0.05) is 18.7 Å². The molecule has 3 heterocycles. The maximum absolute atomic E-state index is 9.86. The van der Waals surface area contributed by atoms with Crippen LogP contribution in [0.1, 0.15) is 0 Å². The number of aromatic nitrogens is 3. The first-order chi connectivity index (χ1) is 12.2. The zero-order valence-corrected chi connectivity index (χ0v) is 13.7. The molecule has 0 aliphatic carbocycles. The molecule has 1 aliphatic rings. The number of fused-ring (bicyclic) bond motifs is 1. The lowest BCUT2D eigenvalue weighted by molar-refractivity contribution is 0.122. The molecule has 0 saturated carbocycles. The van der Waals surface area contributed by atoms with E-state index >= 15 is 0 Å². The molecule has 8 heteroatoms. The number of aromatic amines is 1. The van der Waals surface area contributed by atoms with Gasteiger partial charge in [0.2, 0.25) is 5.75 Å². The van der Waals surface area contributed by atoms with E-state index in [1.165, 1.54) is 13.2 Å². The molecule has 3 aromatic rings. The van der Waals surface area contributed by atoms with E-state index in [-0.39, 0.29) is 17.2 Å². The normalized spacial score (nSPS) is 14.8. The second kappa shape index (κ2) is 6.14. The van der Waals surface area contributed by atoms with Gasteiger partial charge in [0.15, 0.2) is 17.1 Å². The number of rotatable bonds is 3. The van der Waals surface area contributed by atoms with Crippen LogP contribution >= 0.6 is 0 Å². The number of nitrogens with one attached hydrogen (secondary N) is 1. The summed E-state index contributed by atoms with van der Waals surface area (Å²) in [5.41, 5.74) is 1.97. The van der Waals surface area contributed by atoms with Crippen molar-refractivity contribution in [3.05, 3.63) is 24.3 Å². The van der Waals surface area contributed by atoms with Crippen LogP contribution in [0.3, 0.4) is 0 Å². The molecule has 25 heavy (non-hydrogen) atoms. The molecule has 1 fully saturated rings. The number of hydrogen-bond donors (Lipinski definition) is 3. The van der Waals surface area contributed by atoms with Gasteiger partial charge in [-0.2, -0.15) is 0 Å². The smallest absolute Gasteiger partial charge is 0.200 e.